The Kier molecular flexibility index (Phi) is 3.64. The predicted octanol–water partition coefficient (Wildman–Crippen LogP) is 2.98. The number of alkyl halides is 3. The summed E-state index contributed by atoms with van der Waals surface area (Å²) in [4.78, 5) is 12.9. The van der Waals surface area contributed by atoms with Gasteiger partial charge in [0.1, 0.15) is 6.42 Å². The van der Waals surface area contributed by atoms with Crippen molar-refractivity contribution in [2.45, 2.75) is 44.7 Å². The predicted molar refractivity (Wildman–Crippen MR) is 57.3 cm³/mol. The summed E-state index contributed by atoms with van der Waals surface area (Å²) < 4.78 is 36.4. The van der Waals surface area contributed by atoms with Gasteiger partial charge in [0.25, 0.3) is 0 Å². The monoisotopic (exact) mass is 249 g/mol. The zero-order chi connectivity index (χ0) is 12.5. The van der Waals surface area contributed by atoms with Gasteiger partial charge in [-0.3, -0.25) is 4.79 Å². The molecule has 0 aromatic rings. The van der Waals surface area contributed by atoms with Crippen LogP contribution in [0.2, 0.25) is 0 Å². The number of carbonyl (C=O) groups is 1. The van der Waals surface area contributed by atoms with Crippen LogP contribution in [0.4, 0.5) is 13.2 Å². The number of amides is 1. The molecule has 0 radical (unpaired) electrons. The number of likely N-dealkylation sites (tertiary alicyclic amines) is 1. The highest BCUT2D eigenvalue weighted by atomic mass is 19.4. The number of rotatable bonds is 1. The standard InChI is InChI=1S/C12H18F3NO/c13-12(14,15)7-11(17)16-6-5-9-3-1-2-4-10(9)8-16/h9-10H,1-8H2/t9-,10+/m0/s1. The zero-order valence-electron chi connectivity index (χ0n) is 9.80. The lowest BCUT2D eigenvalue weighted by atomic mass is 9.75. The van der Waals surface area contributed by atoms with E-state index in [1.54, 1.807) is 0 Å². The quantitative estimate of drug-likeness (QED) is 0.699. The van der Waals surface area contributed by atoms with E-state index in [2.05, 4.69) is 0 Å². The van der Waals surface area contributed by atoms with Crippen LogP contribution in [0, 0.1) is 11.8 Å². The molecule has 0 unspecified atom stereocenters. The van der Waals surface area contributed by atoms with Crippen molar-refractivity contribution in [2.24, 2.45) is 11.8 Å². The van der Waals surface area contributed by atoms with Crippen LogP contribution in [-0.2, 0) is 4.79 Å². The third kappa shape index (κ3) is 3.36. The summed E-state index contributed by atoms with van der Waals surface area (Å²) in [5.41, 5.74) is 0. The molecule has 17 heavy (non-hydrogen) atoms. The van der Waals surface area contributed by atoms with Crippen LogP contribution in [-0.4, -0.2) is 30.1 Å². The van der Waals surface area contributed by atoms with Crippen molar-refractivity contribution in [3.8, 4) is 0 Å². The Morgan fingerprint density at radius 2 is 1.76 bits per heavy atom. The number of fused-ring (bicyclic) bond motifs is 1. The molecule has 0 N–H and O–H groups in total. The summed E-state index contributed by atoms with van der Waals surface area (Å²) in [6.07, 6.45) is -0.147. The molecule has 0 aromatic heterocycles. The number of halogens is 3. The van der Waals surface area contributed by atoms with Crippen LogP contribution >= 0.6 is 0 Å². The number of carbonyl (C=O) groups excluding carboxylic acids is 1. The highest BCUT2D eigenvalue weighted by Gasteiger charge is 2.37. The van der Waals surface area contributed by atoms with Gasteiger partial charge in [0.15, 0.2) is 0 Å². The summed E-state index contributed by atoms with van der Waals surface area (Å²) in [5, 5.41) is 0. The lowest BCUT2D eigenvalue weighted by Crippen LogP contribution is -2.45. The zero-order valence-corrected chi connectivity index (χ0v) is 9.80. The second-order valence-corrected chi connectivity index (χ2v) is 5.22. The molecule has 2 nitrogen and oxygen atoms in total. The second-order valence-electron chi connectivity index (χ2n) is 5.22. The SMILES string of the molecule is O=C(CC(F)(F)F)N1CC[C@@H]2CCCC[C@@H]2C1. The molecule has 2 aliphatic rings. The van der Waals surface area contributed by atoms with Crippen LogP contribution in [0.15, 0.2) is 0 Å². The lowest BCUT2D eigenvalue weighted by Gasteiger charge is -2.41. The van der Waals surface area contributed by atoms with E-state index < -0.39 is 18.5 Å². The fraction of sp³-hybridized carbons (Fsp3) is 0.917. The minimum absolute atomic E-state index is 0.440. The average Bonchev–Trinajstić information content (AvgIpc) is 2.26. The fourth-order valence-electron chi connectivity index (χ4n) is 3.11. The third-order valence-electron chi connectivity index (χ3n) is 4.00. The molecule has 0 spiro atoms. The van der Waals surface area contributed by atoms with Crippen LogP contribution < -0.4 is 0 Å². The maximum absolute atomic E-state index is 12.1. The number of piperidine rings is 1. The first-order chi connectivity index (χ1) is 7.96. The average molecular weight is 249 g/mol. The number of nitrogens with zero attached hydrogens (tertiary/aromatic N) is 1. The van der Waals surface area contributed by atoms with Gasteiger partial charge in [-0.25, -0.2) is 0 Å². The van der Waals surface area contributed by atoms with Crippen LogP contribution in [0.1, 0.15) is 38.5 Å². The van der Waals surface area contributed by atoms with E-state index in [4.69, 9.17) is 0 Å². The summed E-state index contributed by atoms with van der Waals surface area (Å²) >= 11 is 0. The van der Waals surface area contributed by atoms with Gasteiger partial charge in [-0.15, -0.1) is 0 Å². The normalized spacial score (nSPS) is 29.9. The Bertz CT molecular complexity index is 290. The van der Waals surface area contributed by atoms with Crippen molar-refractivity contribution >= 4 is 5.91 Å². The van der Waals surface area contributed by atoms with Crippen molar-refractivity contribution < 1.29 is 18.0 Å². The van der Waals surface area contributed by atoms with Gasteiger partial charge >= 0.3 is 6.18 Å². The van der Waals surface area contributed by atoms with Gasteiger partial charge in [-0.05, 0) is 24.7 Å². The lowest BCUT2D eigenvalue weighted by molar-refractivity contribution is -0.163. The highest BCUT2D eigenvalue weighted by molar-refractivity contribution is 5.76. The van der Waals surface area contributed by atoms with Gasteiger partial charge in [-0.2, -0.15) is 13.2 Å². The van der Waals surface area contributed by atoms with E-state index in [9.17, 15) is 18.0 Å². The molecule has 1 aliphatic carbocycles. The molecule has 5 heteroatoms. The Labute approximate surface area is 99.2 Å². The molecule has 1 heterocycles. The summed E-state index contributed by atoms with van der Waals surface area (Å²) in [6, 6.07) is 0. The van der Waals surface area contributed by atoms with Gasteiger partial charge < -0.3 is 4.90 Å². The second kappa shape index (κ2) is 4.86. The molecule has 0 aromatic carbocycles. The Morgan fingerprint density at radius 3 is 2.41 bits per heavy atom. The molecule has 1 aliphatic heterocycles. The molecule has 1 saturated carbocycles. The van der Waals surface area contributed by atoms with E-state index in [0.717, 1.165) is 19.3 Å². The number of hydrogen-bond acceptors (Lipinski definition) is 1. The van der Waals surface area contributed by atoms with Gasteiger partial charge in [0.05, 0.1) is 0 Å². The maximum Gasteiger partial charge on any atom is 0.397 e. The first-order valence-electron chi connectivity index (χ1n) is 6.30. The van der Waals surface area contributed by atoms with Crippen molar-refractivity contribution in [1.82, 2.24) is 4.90 Å². The largest absolute Gasteiger partial charge is 0.397 e. The Balaban J connectivity index is 1.89. The first-order valence-corrected chi connectivity index (χ1v) is 6.30. The van der Waals surface area contributed by atoms with Gasteiger partial charge in [-0.1, -0.05) is 19.3 Å². The van der Waals surface area contributed by atoms with Crippen molar-refractivity contribution in [1.29, 1.82) is 0 Å². The number of hydrogen-bond donors (Lipinski definition) is 0. The van der Waals surface area contributed by atoms with E-state index in [1.807, 2.05) is 0 Å². The van der Waals surface area contributed by atoms with Crippen molar-refractivity contribution in [2.75, 3.05) is 13.1 Å². The molecule has 2 atom stereocenters. The van der Waals surface area contributed by atoms with Crippen LogP contribution in [0.3, 0.4) is 0 Å². The van der Waals surface area contributed by atoms with Crippen molar-refractivity contribution in [3.63, 3.8) is 0 Å². The summed E-state index contributed by atoms with van der Waals surface area (Å²) in [5.74, 6) is 0.329. The Hall–Kier alpha value is -0.740. The van der Waals surface area contributed by atoms with E-state index in [-0.39, 0.29) is 0 Å². The Morgan fingerprint density at radius 1 is 1.12 bits per heavy atom. The molecule has 1 amide bonds. The summed E-state index contributed by atoms with van der Waals surface area (Å²) in [6.45, 7) is 1.05. The van der Waals surface area contributed by atoms with Crippen LogP contribution in [0.5, 0.6) is 0 Å². The molecular weight excluding hydrogens is 231 g/mol. The topological polar surface area (TPSA) is 20.3 Å². The van der Waals surface area contributed by atoms with E-state index in [0.29, 0.717) is 24.9 Å². The fourth-order valence-corrected chi connectivity index (χ4v) is 3.11. The maximum atomic E-state index is 12.1. The van der Waals surface area contributed by atoms with E-state index >= 15 is 0 Å². The van der Waals surface area contributed by atoms with Gasteiger partial charge in [0.2, 0.25) is 5.91 Å². The summed E-state index contributed by atoms with van der Waals surface area (Å²) in [7, 11) is 0. The minimum Gasteiger partial charge on any atom is -0.342 e. The van der Waals surface area contributed by atoms with Crippen molar-refractivity contribution in [3.05, 3.63) is 0 Å². The third-order valence-corrected chi connectivity index (χ3v) is 4.00. The first kappa shape index (κ1) is 12.7. The molecule has 2 fully saturated rings. The molecular formula is C12H18F3NO. The minimum atomic E-state index is -4.37. The van der Waals surface area contributed by atoms with E-state index in [1.165, 1.54) is 17.7 Å². The highest BCUT2D eigenvalue weighted by Crippen LogP contribution is 2.36. The van der Waals surface area contributed by atoms with Crippen LogP contribution in [0.25, 0.3) is 0 Å². The molecule has 0 bridgehead atoms. The molecule has 2 rings (SSSR count). The smallest absolute Gasteiger partial charge is 0.342 e. The van der Waals surface area contributed by atoms with Gasteiger partial charge in [0, 0.05) is 13.1 Å². The molecule has 98 valence electrons. The molecule has 1 saturated heterocycles.